The minimum Gasteiger partial charge on any atom is -0.306 e. The first-order chi connectivity index (χ1) is 9.15. The molecule has 2 aromatic rings. The van der Waals surface area contributed by atoms with Gasteiger partial charge in [0.1, 0.15) is 0 Å². The van der Waals surface area contributed by atoms with Gasteiger partial charge in [0.05, 0.1) is 5.69 Å². The van der Waals surface area contributed by atoms with Crippen LogP contribution in [0, 0.1) is 6.92 Å². The van der Waals surface area contributed by atoms with Crippen molar-refractivity contribution in [2.45, 2.75) is 32.4 Å². The molecule has 1 unspecified atom stereocenters. The summed E-state index contributed by atoms with van der Waals surface area (Å²) in [6.07, 6.45) is 4.43. The molecule has 100 valence electrons. The molecule has 1 aliphatic carbocycles. The zero-order valence-electron chi connectivity index (χ0n) is 11.3. The molecule has 0 fully saturated rings. The lowest BCUT2D eigenvalue weighted by atomic mass is 10.1. The first kappa shape index (κ1) is 12.9. The molecular formula is C15H18BrN3. The Morgan fingerprint density at radius 3 is 3.05 bits per heavy atom. The number of fused-ring (bicyclic) bond motifs is 1. The number of hydrogen-bond acceptors (Lipinski definition) is 2. The Hall–Kier alpha value is -1.13. The number of aromatic nitrogens is 2. The van der Waals surface area contributed by atoms with E-state index in [0.717, 1.165) is 18.7 Å². The summed E-state index contributed by atoms with van der Waals surface area (Å²) in [7, 11) is 1.97. The van der Waals surface area contributed by atoms with Crippen LogP contribution in [0.4, 0.5) is 0 Å². The van der Waals surface area contributed by atoms with Gasteiger partial charge in [-0.3, -0.25) is 4.68 Å². The van der Waals surface area contributed by atoms with Gasteiger partial charge in [0.15, 0.2) is 0 Å². The Kier molecular flexibility index (Phi) is 3.46. The van der Waals surface area contributed by atoms with E-state index in [0.29, 0.717) is 6.04 Å². The lowest BCUT2D eigenvalue weighted by Gasteiger charge is -2.14. The highest BCUT2D eigenvalue weighted by atomic mass is 79.9. The molecule has 4 heteroatoms. The number of rotatable bonds is 3. The number of nitrogens with one attached hydrogen (secondary N) is 1. The van der Waals surface area contributed by atoms with Crippen LogP contribution in [0.1, 0.15) is 34.8 Å². The average molecular weight is 320 g/mol. The molecule has 19 heavy (non-hydrogen) atoms. The zero-order valence-corrected chi connectivity index (χ0v) is 12.9. The highest BCUT2D eigenvalue weighted by molar-refractivity contribution is 9.10. The zero-order chi connectivity index (χ0) is 13.4. The highest BCUT2D eigenvalue weighted by Crippen LogP contribution is 2.35. The Labute approximate surface area is 122 Å². The molecule has 0 saturated heterocycles. The van der Waals surface area contributed by atoms with E-state index < -0.39 is 0 Å². The van der Waals surface area contributed by atoms with Gasteiger partial charge in [-0.25, -0.2) is 0 Å². The minimum absolute atomic E-state index is 0.465. The van der Waals surface area contributed by atoms with Crippen molar-refractivity contribution >= 4 is 15.9 Å². The van der Waals surface area contributed by atoms with Gasteiger partial charge in [-0.05, 0) is 37.0 Å². The maximum Gasteiger partial charge on any atom is 0.0638 e. The van der Waals surface area contributed by atoms with Crippen molar-refractivity contribution in [3.8, 4) is 0 Å². The summed E-state index contributed by atoms with van der Waals surface area (Å²) in [6, 6.07) is 6.96. The molecule has 1 aromatic carbocycles. The van der Waals surface area contributed by atoms with Crippen LogP contribution in [0.15, 0.2) is 28.9 Å². The summed E-state index contributed by atoms with van der Waals surface area (Å²) in [5, 5.41) is 8.05. The van der Waals surface area contributed by atoms with Crippen molar-refractivity contribution in [1.29, 1.82) is 0 Å². The van der Waals surface area contributed by atoms with Crippen molar-refractivity contribution in [3.05, 3.63) is 51.3 Å². The van der Waals surface area contributed by atoms with E-state index in [-0.39, 0.29) is 0 Å². The third-order valence-electron chi connectivity index (χ3n) is 3.87. The summed E-state index contributed by atoms with van der Waals surface area (Å²) in [5.74, 6) is 0. The second-order valence-corrected chi connectivity index (χ2v) is 6.05. The molecule has 1 atom stereocenters. The lowest BCUT2D eigenvalue weighted by Crippen LogP contribution is -2.18. The number of benzene rings is 1. The molecule has 0 bridgehead atoms. The summed E-state index contributed by atoms with van der Waals surface area (Å²) in [6.45, 7) is 2.95. The number of hydrogen-bond donors (Lipinski definition) is 1. The Balaban J connectivity index is 1.73. The van der Waals surface area contributed by atoms with Crippen LogP contribution in [0.5, 0.6) is 0 Å². The standard InChI is InChI=1S/C15H18BrN3/c1-10-11(9-19(2)18-10)8-17-15-7-6-12-13(15)4-3-5-14(12)16/h3-5,9,15,17H,6-8H2,1-2H3. The summed E-state index contributed by atoms with van der Waals surface area (Å²) < 4.78 is 3.12. The maximum absolute atomic E-state index is 4.38. The van der Waals surface area contributed by atoms with Gasteiger partial charge >= 0.3 is 0 Å². The van der Waals surface area contributed by atoms with Crippen LogP contribution in [0.2, 0.25) is 0 Å². The molecule has 0 radical (unpaired) electrons. The quantitative estimate of drug-likeness (QED) is 0.941. The molecule has 0 aliphatic heterocycles. The second-order valence-electron chi connectivity index (χ2n) is 5.19. The number of halogens is 1. The van der Waals surface area contributed by atoms with E-state index in [2.05, 4.69) is 57.7 Å². The Morgan fingerprint density at radius 2 is 2.32 bits per heavy atom. The van der Waals surface area contributed by atoms with E-state index in [1.165, 1.54) is 27.6 Å². The van der Waals surface area contributed by atoms with Gasteiger partial charge < -0.3 is 5.32 Å². The average Bonchev–Trinajstić information content (AvgIpc) is 2.91. The predicted molar refractivity (Wildman–Crippen MR) is 80.0 cm³/mol. The van der Waals surface area contributed by atoms with Crippen molar-refractivity contribution in [2.75, 3.05) is 0 Å². The first-order valence-electron chi connectivity index (χ1n) is 6.65. The van der Waals surface area contributed by atoms with Crippen LogP contribution in [0.3, 0.4) is 0 Å². The van der Waals surface area contributed by atoms with Gasteiger partial charge in [0.25, 0.3) is 0 Å². The lowest BCUT2D eigenvalue weighted by molar-refractivity contribution is 0.529. The molecule has 0 spiro atoms. The van der Waals surface area contributed by atoms with Crippen LogP contribution in [-0.2, 0) is 20.0 Å². The Bertz CT molecular complexity index is 603. The number of nitrogens with zero attached hydrogens (tertiary/aromatic N) is 2. The highest BCUT2D eigenvalue weighted by Gasteiger charge is 2.23. The third kappa shape index (κ3) is 2.47. The van der Waals surface area contributed by atoms with Gasteiger partial charge in [-0.15, -0.1) is 0 Å². The summed E-state index contributed by atoms with van der Waals surface area (Å²) in [4.78, 5) is 0. The molecule has 1 aromatic heterocycles. The van der Waals surface area contributed by atoms with E-state index in [4.69, 9.17) is 0 Å². The van der Waals surface area contributed by atoms with Crippen LogP contribution < -0.4 is 5.32 Å². The molecule has 3 rings (SSSR count). The largest absolute Gasteiger partial charge is 0.306 e. The van der Waals surface area contributed by atoms with Gasteiger partial charge in [-0.1, -0.05) is 28.1 Å². The fourth-order valence-corrected chi connectivity index (χ4v) is 3.46. The molecular weight excluding hydrogens is 302 g/mol. The minimum atomic E-state index is 0.465. The second kappa shape index (κ2) is 5.10. The predicted octanol–water partition coefficient (Wildman–Crippen LogP) is 3.27. The van der Waals surface area contributed by atoms with E-state index in [9.17, 15) is 0 Å². The first-order valence-corrected chi connectivity index (χ1v) is 7.44. The molecule has 3 nitrogen and oxygen atoms in total. The third-order valence-corrected chi connectivity index (χ3v) is 4.61. The van der Waals surface area contributed by atoms with Crippen LogP contribution in [-0.4, -0.2) is 9.78 Å². The van der Waals surface area contributed by atoms with Crippen molar-refractivity contribution in [2.24, 2.45) is 7.05 Å². The number of aryl methyl sites for hydroxylation is 2. The van der Waals surface area contributed by atoms with Gasteiger partial charge in [-0.2, -0.15) is 5.10 Å². The van der Waals surface area contributed by atoms with Crippen LogP contribution in [0.25, 0.3) is 0 Å². The van der Waals surface area contributed by atoms with Crippen molar-refractivity contribution in [3.63, 3.8) is 0 Å². The molecule has 0 saturated carbocycles. The van der Waals surface area contributed by atoms with E-state index >= 15 is 0 Å². The van der Waals surface area contributed by atoms with Crippen molar-refractivity contribution in [1.82, 2.24) is 15.1 Å². The normalized spacial score (nSPS) is 17.7. The van der Waals surface area contributed by atoms with Gasteiger partial charge in [0, 0.05) is 35.9 Å². The van der Waals surface area contributed by atoms with Crippen molar-refractivity contribution < 1.29 is 0 Å². The molecule has 1 heterocycles. The molecule has 1 N–H and O–H groups in total. The Morgan fingerprint density at radius 1 is 1.47 bits per heavy atom. The summed E-state index contributed by atoms with van der Waals surface area (Å²) >= 11 is 3.64. The maximum atomic E-state index is 4.38. The fourth-order valence-electron chi connectivity index (χ4n) is 2.88. The smallest absolute Gasteiger partial charge is 0.0638 e. The summed E-state index contributed by atoms with van der Waals surface area (Å²) in [5.41, 5.74) is 5.30. The molecule has 0 amide bonds. The van der Waals surface area contributed by atoms with E-state index in [1.807, 2.05) is 11.7 Å². The monoisotopic (exact) mass is 319 g/mol. The SMILES string of the molecule is Cc1nn(C)cc1CNC1CCc2c(Br)cccc21. The van der Waals surface area contributed by atoms with E-state index in [1.54, 1.807) is 0 Å². The molecule has 1 aliphatic rings. The van der Waals surface area contributed by atoms with Gasteiger partial charge in [0.2, 0.25) is 0 Å². The fraction of sp³-hybridized carbons (Fsp3) is 0.400. The topological polar surface area (TPSA) is 29.9 Å². The van der Waals surface area contributed by atoms with Crippen LogP contribution >= 0.6 is 15.9 Å².